The minimum absolute atomic E-state index is 0.0252. The summed E-state index contributed by atoms with van der Waals surface area (Å²) in [7, 11) is 0.886. The van der Waals surface area contributed by atoms with E-state index in [4.69, 9.17) is 19.8 Å². The van der Waals surface area contributed by atoms with E-state index in [9.17, 15) is 5.11 Å². The second kappa shape index (κ2) is 4.95. The van der Waals surface area contributed by atoms with E-state index in [0.717, 1.165) is 0 Å². The van der Waals surface area contributed by atoms with Gasteiger partial charge in [0.25, 0.3) is 0 Å². The molecule has 20 heavy (non-hydrogen) atoms. The van der Waals surface area contributed by atoms with Gasteiger partial charge in [-0.3, -0.25) is 0 Å². The maximum absolute atomic E-state index is 10.2. The van der Waals surface area contributed by atoms with Crippen molar-refractivity contribution in [1.29, 1.82) is 0 Å². The average molecular weight is 279 g/mol. The van der Waals surface area contributed by atoms with Gasteiger partial charge in [-0.2, -0.15) is 0 Å². The first-order valence-electron chi connectivity index (χ1n) is 6.66. The summed E-state index contributed by atoms with van der Waals surface area (Å²) in [5.41, 5.74) is 5.84. The Morgan fingerprint density at radius 2 is 1.75 bits per heavy atom. The zero-order valence-electron chi connectivity index (χ0n) is 12.6. The van der Waals surface area contributed by atoms with Gasteiger partial charge >= 0.3 is 7.12 Å². The molecule has 6 heteroatoms. The fraction of sp³-hybridized carbons (Fsp3) is 0.571. The molecule has 3 N–H and O–H groups in total. The predicted octanol–water partition coefficient (Wildman–Crippen LogP) is 2.03. The van der Waals surface area contributed by atoms with E-state index < -0.39 is 24.3 Å². The van der Waals surface area contributed by atoms with Gasteiger partial charge in [0.15, 0.2) is 11.5 Å². The Morgan fingerprint density at radius 1 is 1.20 bits per heavy atom. The quantitative estimate of drug-likeness (QED) is 0.828. The first-order chi connectivity index (χ1) is 9.19. The highest BCUT2D eigenvalue weighted by molar-refractivity contribution is 6.47. The van der Waals surface area contributed by atoms with Crippen molar-refractivity contribution in [2.75, 3.05) is 7.11 Å². The smallest absolute Gasteiger partial charge is 0.480 e. The molecule has 0 aromatic heterocycles. The molecule has 0 spiro atoms. The van der Waals surface area contributed by atoms with Gasteiger partial charge in [0.05, 0.1) is 24.3 Å². The van der Waals surface area contributed by atoms with Crippen LogP contribution < -0.4 is 10.5 Å². The van der Waals surface area contributed by atoms with Crippen molar-refractivity contribution < 1.29 is 19.2 Å². The summed E-state index contributed by atoms with van der Waals surface area (Å²) >= 11 is 0. The Bertz CT molecular complexity index is 488. The van der Waals surface area contributed by atoms with Gasteiger partial charge < -0.3 is 24.9 Å². The summed E-state index contributed by atoms with van der Waals surface area (Å²) < 4.78 is 16.9. The van der Waals surface area contributed by atoms with Crippen molar-refractivity contribution in [2.24, 2.45) is 5.73 Å². The molecule has 0 saturated carbocycles. The lowest BCUT2D eigenvalue weighted by molar-refractivity contribution is 0.00578. The molecule has 110 valence electrons. The highest BCUT2D eigenvalue weighted by Crippen LogP contribution is 2.41. The summed E-state index contributed by atoms with van der Waals surface area (Å²) in [5.74, 6) is -0.183. The molecule has 1 aromatic carbocycles. The number of phenols is 1. The summed E-state index contributed by atoms with van der Waals surface area (Å²) in [6.07, 6.45) is 0. The van der Waals surface area contributed by atoms with Gasteiger partial charge in [0, 0.05) is 5.56 Å². The third kappa shape index (κ3) is 2.39. The molecule has 0 amide bonds. The third-order valence-electron chi connectivity index (χ3n) is 4.17. The number of phenolic OH excluding ortho intramolecular Hbond substituents is 1. The number of para-hydroxylation sites is 1. The Labute approximate surface area is 120 Å². The Kier molecular flexibility index (Phi) is 3.75. The van der Waals surface area contributed by atoms with Gasteiger partial charge in [-0.15, -0.1) is 0 Å². The number of aromatic hydroxyl groups is 1. The van der Waals surface area contributed by atoms with Crippen LogP contribution in [0.2, 0.25) is 0 Å². The fourth-order valence-corrected chi connectivity index (χ4v) is 2.15. The molecule has 1 aliphatic heterocycles. The largest absolute Gasteiger partial charge is 0.504 e. The lowest BCUT2D eigenvalue weighted by atomic mass is 9.74. The van der Waals surface area contributed by atoms with Crippen molar-refractivity contribution in [3.8, 4) is 11.5 Å². The van der Waals surface area contributed by atoms with Gasteiger partial charge in [-0.05, 0) is 33.8 Å². The number of hydrogen-bond acceptors (Lipinski definition) is 5. The highest BCUT2D eigenvalue weighted by atomic mass is 16.7. The molecular weight excluding hydrogens is 257 g/mol. The normalized spacial score (nSPS) is 21.8. The molecule has 1 aliphatic rings. The lowest BCUT2D eigenvalue weighted by Crippen LogP contribution is -2.41. The summed E-state index contributed by atoms with van der Waals surface area (Å²) in [6.45, 7) is 7.85. The zero-order valence-corrected chi connectivity index (χ0v) is 12.6. The molecular formula is C14H22BNO4. The van der Waals surface area contributed by atoms with E-state index >= 15 is 0 Å². The molecule has 0 radical (unpaired) electrons. The van der Waals surface area contributed by atoms with Crippen molar-refractivity contribution in [2.45, 2.75) is 44.8 Å². The van der Waals surface area contributed by atoms with Gasteiger partial charge in [0.2, 0.25) is 0 Å². The van der Waals surface area contributed by atoms with Crippen LogP contribution in [0.4, 0.5) is 0 Å². The van der Waals surface area contributed by atoms with E-state index in [-0.39, 0.29) is 5.75 Å². The van der Waals surface area contributed by atoms with Crippen LogP contribution in [-0.2, 0) is 9.31 Å². The average Bonchev–Trinajstić information content (AvgIpc) is 2.58. The number of benzene rings is 1. The summed E-state index contributed by atoms with van der Waals surface area (Å²) in [6, 6.07) is 5.20. The number of hydrogen-bond donors (Lipinski definition) is 2. The molecule has 5 nitrogen and oxygen atoms in total. The van der Waals surface area contributed by atoms with Crippen LogP contribution in [-0.4, -0.2) is 30.5 Å². The maximum Gasteiger partial charge on any atom is 0.480 e. The van der Waals surface area contributed by atoms with Gasteiger partial charge in [-0.1, -0.05) is 12.1 Å². The fourth-order valence-electron chi connectivity index (χ4n) is 2.15. The number of methoxy groups -OCH3 is 1. The third-order valence-corrected chi connectivity index (χ3v) is 4.17. The van der Waals surface area contributed by atoms with Crippen LogP contribution in [0.5, 0.6) is 11.5 Å². The van der Waals surface area contributed by atoms with Crippen LogP contribution in [0.3, 0.4) is 0 Å². The van der Waals surface area contributed by atoms with E-state index in [0.29, 0.717) is 11.3 Å². The number of ether oxygens (including phenoxy) is 1. The van der Waals surface area contributed by atoms with Crippen LogP contribution in [0, 0.1) is 0 Å². The van der Waals surface area contributed by atoms with E-state index in [1.807, 2.05) is 27.7 Å². The Balaban J connectivity index is 2.28. The Hall–Kier alpha value is -1.24. The monoisotopic (exact) mass is 279 g/mol. The van der Waals surface area contributed by atoms with Crippen molar-refractivity contribution in [3.63, 3.8) is 0 Å². The molecule has 1 fully saturated rings. The van der Waals surface area contributed by atoms with Crippen LogP contribution in [0.15, 0.2) is 18.2 Å². The van der Waals surface area contributed by atoms with E-state index in [1.54, 1.807) is 18.2 Å². The molecule has 2 rings (SSSR count). The molecule has 1 atom stereocenters. The first-order valence-corrected chi connectivity index (χ1v) is 6.66. The minimum Gasteiger partial charge on any atom is -0.504 e. The van der Waals surface area contributed by atoms with E-state index in [2.05, 4.69) is 0 Å². The lowest BCUT2D eigenvalue weighted by Gasteiger charge is -2.32. The van der Waals surface area contributed by atoms with Crippen molar-refractivity contribution >= 4 is 7.12 Å². The second-order valence-corrected chi connectivity index (χ2v) is 6.05. The Morgan fingerprint density at radius 3 is 2.25 bits per heavy atom. The summed E-state index contributed by atoms with van der Waals surface area (Å²) in [5, 5.41) is 10.2. The van der Waals surface area contributed by atoms with Crippen molar-refractivity contribution in [1.82, 2.24) is 0 Å². The predicted molar refractivity (Wildman–Crippen MR) is 77.7 cm³/mol. The molecule has 1 heterocycles. The number of nitrogens with two attached hydrogens (primary N) is 1. The van der Waals surface area contributed by atoms with Crippen LogP contribution >= 0.6 is 0 Å². The zero-order chi connectivity index (χ0) is 15.1. The van der Waals surface area contributed by atoms with Crippen LogP contribution in [0.25, 0.3) is 0 Å². The minimum atomic E-state index is -0.613. The number of rotatable bonds is 3. The molecule has 0 unspecified atom stereocenters. The maximum atomic E-state index is 10.2. The molecule has 1 aromatic rings. The molecule has 0 aliphatic carbocycles. The molecule has 0 bridgehead atoms. The van der Waals surface area contributed by atoms with E-state index in [1.165, 1.54) is 7.11 Å². The van der Waals surface area contributed by atoms with Crippen LogP contribution in [0.1, 0.15) is 39.2 Å². The summed E-state index contributed by atoms with van der Waals surface area (Å²) in [4.78, 5) is 0. The first kappa shape index (κ1) is 15.2. The van der Waals surface area contributed by atoms with Crippen molar-refractivity contribution in [3.05, 3.63) is 23.8 Å². The highest BCUT2D eigenvalue weighted by Gasteiger charge is 2.53. The second-order valence-electron chi connectivity index (χ2n) is 6.05. The van der Waals surface area contributed by atoms with Gasteiger partial charge in [0.1, 0.15) is 0 Å². The SMILES string of the molecule is COc1cccc([C@@H](N)B2OC(C)(C)C(C)(C)O2)c1O. The van der Waals surface area contributed by atoms with Gasteiger partial charge in [-0.25, -0.2) is 0 Å². The standard InChI is InChI=1S/C14H22BNO4/c1-13(2)14(3,4)20-15(19-13)12(16)9-7-6-8-10(18-5)11(9)17/h6-8,12,17H,16H2,1-5H3/t12-/m1/s1. The molecule has 1 saturated heterocycles. The topological polar surface area (TPSA) is 73.9 Å².